The SMILES string of the molecule is COc1ccc(C(C)NC(=O)/C=C/c2ccsc2)cc1OC. The highest BCUT2D eigenvalue weighted by atomic mass is 32.1. The number of hydrogen-bond donors (Lipinski definition) is 1. The normalized spacial score (nSPS) is 12.1. The lowest BCUT2D eigenvalue weighted by atomic mass is 10.1. The Hall–Kier alpha value is -2.27. The Labute approximate surface area is 134 Å². The summed E-state index contributed by atoms with van der Waals surface area (Å²) < 4.78 is 10.5. The average Bonchev–Trinajstić information content (AvgIpc) is 3.05. The molecular formula is C17H19NO3S. The van der Waals surface area contributed by atoms with Crippen LogP contribution in [-0.4, -0.2) is 20.1 Å². The van der Waals surface area contributed by atoms with E-state index >= 15 is 0 Å². The fourth-order valence-electron chi connectivity index (χ4n) is 2.01. The van der Waals surface area contributed by atoms with Crippen molar-refractivity contribution in [1.82, 2.24) is 5.32 Å². The van der Waals surface area contributed by atoms with E-state index in [1.807, 2.05) is 41.9 Å². The molecule has 5 heteroatoms. The molecule has 2 aromatic rings. The number of ether oxygens (including phenoxy) is 2. The van der Waals surface area contributed by atoms with Gasteiger partial charge in [-0.25, -0.2) is 0 Å². The molecule has 1 aromatic heterocycles. The van der Waals surface area contributed by atoms with Crippen LogP contribution in [0.3, 0.4) is 0 Å². The van der Waals surface area contributed by atoms with Crippen molar-refractivity contribution in [2.24, 2.45) is 0 Å². The number of amides is 1. The largest absolute Gasteiger partial charge is 0.493 e. The Morgan fingerprint density at radius 3 is 2.64 bits per heavy atom. The molecule has 0 saturated carbocycles. The number of nitrogens with one attached hydrogen (secondary N) is 1. The van der Waals surface area contributed by atoms with Crippen LogP contribution < -0.4 is 14.8 Å². The summed E-state index contributed by atoms with van der Waals surface area (Å²) in [6.45, 7) is 1.93. The van der Waals surface area contributed by atoms with Gasteiger partial charge >= 0.3 is 0 Å². The van der Waals surface area contributed by atoms with Crippen molar-refractivity contribution in [2.45, 2.75) is 13.0 Å². The van der Waals surface area contributed by atoms with Gasteiger partial charge in [0.2, 0.25) is 5.91 Å². The predicted octanol–water partition coefficient (Wildman–Crippen LogP) is 3.66. The third kappa shape index (κ3) is 4.11. The Kier molecular flexibility index (Phi) is 5.61. The minimum atomic E-state index is -0.131. The zero-order valence-electron chi connectivity index (χ0n) is 12.8. The van der Waals surface area contributed by atoms with Gasteiger partial charge in [-0.1, -0.05) is 6.07 Å². The summed E-state index contributed by atoms with van der Waals surface area (Å²) in [5.41, 5.74) is 1.98. The average molecular weight is 317 g/mol. The minimum Gasteiger partial charge on any atom is -0.493 e. The van der Waals surface area contributed by atoms with Crippen LogP contribution >= 0.6 is 11.3 Å². The smallest absolute Gasteiger partial charge is 0.244 e. The van der Waals surface area contributed by atoms with Crippen molar-refractivity contribution in [3.8, 4) is 11.5 Å². The van der Waals surface area contributed by atoms with Crippen LogP contribution in [0.4, 0.5) is 0 Å². The molecule has 1 heterocycles. The molecule has 0 fully saturated rings. The van der Waals surface area contributed by atoms with E-state index in [9.17, 15) is 4.79 Å². The van der Waals surface area contributed by atoms with Crippen molar-refractivity contribution < 1.29 is 14.3 Å². The van der Waals surface area contributed by atoms with Gasteiger partial charge in [0.05, 0.1) is 20.3 Å². The van der Waals surface area contributed by atoms with Crippen LogP contribution in [0.1, 0.15) is 24.1 Å². The Balaban J connectivity index is 2.02. The summed E-state index contributed by atoms with van der Waals surface area (Å²) in [5, 5.41) is 6.89. The Bertz CT molecular complexity index is 650. The lowest BCUT2D eigenvalue weighted by Crippen LogP contribution is -2.24. The van der Waals surface area contributed by atoms with E-state index in [0.717, 1.165) is 11.1 Å². The maximum Gasteiger partial charge on any atom is 0.244 e. The maximum absolute atomic E-state index is 11.9. The molecule has 0 radical (unpaired) electrons. The molecule has 22 heavy (non-hydrogen) atoms. The number of hydrogen-bond acceptors (Lipinski definition) is 4. The molecule has 0 aliphatic rings. The molecule has 0 saturated heterocycles. The molecule has 0 bridgehead atoms. The van der Waals surface area contributed by atoms with E-state index in [2.05, 4.69) is 5.32 Å². The first-order chi connectivity index (χ1) is 10.6. The molecule has 4 nitrogen and oxygen atoms in total. The maximum atomic E-state index is 11.9. The zero-order chi connectivity index (χ0) is 15.9. The lowest BCUT2D eigenvalue weighted by Gasteiger charge is -2.15. The quantitative estimate of drug-likeness (QED) is 0.827. The van der Waals surface area contributed by atoms with Gasteiger partial charge in [-0.15, -0.1) is 0 Å². The molecule has 0 aliphatic heterocycles. The van der Waals surface area contributed by atoms with E-state index in [4.69, 9.17) is 9.47 Å². The van der Waals surface area contributed by atoms with E-state index in [1.165, 1.54) is 0 Å². The number of carbonyl (C=O) groups excluding carboxylic acids is 1. The molecule has 1 unspecified atom stereocenters. The van der Waals surface area contributed by atoms with Gasteiger partial charge in [-0.2, -0.15) is 11.3 Å². The summed E-state index contributed by atoms with van der Waals surface area (Å²) in [7, 11) is 3.19. The summed E-state index contributed by atoms with van der Waals surface area (Å²) in [4.78, 5) is 11.9. The molecule has 1 N–H and O–H groups in total. The van der Waals surface area contributed by atoms with Gasteiger partial charge in [0.1, 0.15) is 0 Å². The fourth-order valence-corrected chi connectivity index (χ4v) is 2.64. The highest BCUT2D eigenvalue weighted by Gasteiger charge is 2.11. The van der Waals surface area contributed by atoms with Crippen molar-refractivity contribution in [3.05, 3.63) is 52.2 Å². The Morgan fingerprint density at radius 1 is 1.23 bits per heavy atom. The topological polar surface area (TPSA) is 47.6 Å². The lowest BCUT2D eigenvalue weighted by molar-refractivity contribution is -0.117. The van der Waals surface area contributed by atoms with Gasteiger partial charge in [0, 0.05) is 6.08 Å². The van der Waals surface area contributed by atoms with Crippen molar-refractivity contribution in [2.75, 3.05) is 14.2 Å². The molecule has 1 atom stereocenters. The van der Waals surface area contributed by atoms with Crippen LogP contribution in [0, 0.1) is 0 Å². The highest BCUT2D eigenvalue weighted by molar-refractivity contribution is 7.08. The van der Waals surface area contributed by atoms with Gasteiger partial charge in [0.25, 0.3) is 0 Å². The summed E-state index contributed by atoms with van der Waals surface area (Å²) in [6.07, 6.45) is 3.34. The van der Waals surface area contributed by atoms with Crippen LogP contribution in [-0.2, 0) is 4.79 Å². The van der Waals surface area contributed by atoms with Crippen molar-refractivity contribution >= 4 is 23.3 Å². The number of rotatable bonds is 6. The number of carbonyl (C=O) groups is 1. The molecule has 0 spiro atoms. The standard InChI is InChI=1S/C17H19NO3S/c1-12(14-5-6-15(20-2)16(10-14)21-3)18-17(19)7-4-13-8-9-22-11-13/h4-12H,1-3H3,(H,18,19)/b7-4+. The molecule has 0 aliphatic carbocycles. The number of thiophene rings is 1. The van der Waals surface area contributed by atoms with Gasteiger partial charge in [0.15, 0.2) is 11.5 Å². The van der Waals surface area contributed by atoms with Gasteiger partial charge in [-0.3, -0.25) is 4.79 Å². The van der Waals surface area contributed by atoms with E-state index in [1.54, 1.807) is 37.7 Å². The van der Waals surface area contributed by atoms with Crippen LogP contribution in [0.15, 0.2) is 41.1 Å². The molecule has 116 valence electrons. The second kappa shape index (κ2) is 7.66. The molecular weight excluding hydrogens is 298 g/mol. The van der Waals surface area contributed by atoms with Crippen LogP contribution in [0.2, 0.25) is 0 Å². The Morgan fingerprint density at radius 2 is 2.00 bits per heavy atom. The van der Waals surface area contributed by atoms with Crippen LogP contribution in [0.5, 0.6) is 11.5 Å². The van der Waals surface area contributed by atoms with Crippen LogP contribution in [0.25, 0.3) is 6.08 Å². The predicted molar refractivity (Wildman–Crippen MR) is 89.5 cm³/mol. The van der Waals surface area contributed by atoms with E-state index in [0.29, 0.717) is 11.5 Å². The van der Waals surface area contributed by atoms with Gasteiger partial charge < -0.3 is 14.8 Å². The first-order valence-corrected chi connectivity index (χ1v) is 7.81. The number of methoxy groups -OCH3 is 2. The second-order valence-electron chi connectivity index (χ2n) is 4.73. The fraction of sp³-hybridized carbons (Fsp3) is 0.235. The minimum absolute atomic E-state index is 0.126. The van der Waals surface area contributed by atoms with Gasteiger partial charge in [-0.05, 0) is 53.1 Å². The van der Waals surface area contributed by atoms with Crippen molar-refractivity contribution in [3.63, 3.8) is 0 Å². The third-order valence-corrected chi connectivity index (χ3v) is 3.94. The zero-order valence-corrected chi connectivity index (χ0v) is 13.6. The van der Waals surface area contributed by atoms with E-state index < -0.39 is 0 Å². The molecule has 1 aromatic carbocycles. The third-order valence-electron chi connectivity index (χ3n) is 3.24. The summed E-state index contributed by atoms with van der Waals surface area (Å²) in [6, 6.07) is 7.45. The molecule has 2 rings (SSSR count). The first kappa shape index (κ1) is 16.1. The second-order valence-corrected chi connectivity index (χ2v) is 5.51. The summed E-state index contributed by atoms with van der Waals surface area (Å²) in [5.74, 6) is 1.19. The molecule has 1 amide bonds. The monoisotopic (exact) mass is 317 g/mol. The van der Waals surface area contributed by atoms with Crippen molar-refractivity contribution in [1.29, 1.82) is 0 Å². The highest BCUT2D eigenvalue weighted by Crippen LogP contribution is 2.29. The number of benzene rings is 1. The summed E-state index contributed by atoms with van der Waals surface area (Å²) >= 11 is 1.60. The first-order valence-electron chi connectivity index (χ1n) is 6.86. The van der Waals surface area contributed by atoms with E-state index in [-0.39, 0.29) is 11.9 Å².